The second kappa shape index (κ2) is 5.95. The highest BCUT2D eigenvalue weighted by Crippen LogP contribution is 2.12. The molecule has 0 radical (unpaired) electrons. The third-order valence-electron chi connectivity index (χ3n) is 3.20. The first-order valence-corrected chi connectivity index (χ1v) is 6.90. The molecule has 6 nitrogen and oxygen atoms in total. The SMILES string of the molecule is Cc1ccn2c(=O)c(C(=O)NCCC(C)C)c(O)nc2c1. The number of aromatic nitrogens is 2. The number of carbonyl (C=O) groups excluding carboxylic acids is 1. The summed E-state index contributed by atoms with van der Waals surface area (Å²) in [5.74, 6) is -0.689. The van der Waals surface area contributed by atoms with Crippen LogP contribution in [0.5, 0.6) is 5.88 Å². The normalized spacial score (nSPS) is 11.0. The molecule has 0 spiro atoms. The fraction of sp³-hybridized carbons (Fsp3) is 0.400. The quantitative estimate of drug-likeness (QED) is 0.893. The molecule has 0 saturated carbocycles. The van der Waals surface area contributed by atoms with Gasteiger partial charge in [0.1, 0.15) is 5.65 Å². The molecule has 0 atom stereocenters. The van der Waals surface area contributed by atoms with Crippen LogP contribution in [0.15, 0.2) is 23.1 Å². The van der Waals surface area contributed by atoms with Gasteiger partial charge in [0.15, 0.2) is 5.56 Å². The Morgan fingerprint density at radius 2 is 2.19 bits per heavy atom. The van der Waals surface area contributed by atoms with Gasteiger partial charge in [-0.2, -0.15) is 4.98 Å². The van der Waals surface area contributed by atoms with Gasteiger partial charge in [0.2, 0.25) is 5.88 Å². The van der Waals surface area contributed by atoms with E-state index in [-0.39, 0.29) is 5.56 Å². The number of fused-ring (bicyclic) bond motifs is 1. The van der Waals surface area contributed by atoms with Crippen LogP contribution in [0.2, 0.25) is 0 Å². The van der Waals surface area contributed by atoms with E-state index in [4.69, 9.17) is 0 Å². The van der Waals surface area contributed by atoms with Crippen molar-refractivity contribution < 1.29 is 9.90 Å². The molecule has 2 rings (SSSR count). The molecule has 0 fully saturated rings. The molecule has 0 unspecified atom stereocenters. The predicted octanol–water partition coefficient (Wildman–Crippen LogP) is 1.48. The van der Waals surface area contributed by atoms with E-state index in [1.165, 1.54) is 4.40 Å². The van der Waals surface area contributed by atoms with Crippen molar-refractivity contribution in [1.29, 1.82) is 0 Å². The Balaban J connectivity index is 2.38. The van der Waals surface area contributed by atoms with E-state index in [1.807, 2.05) is 20.8 Å². The number of aryl methyl sites for hydroxylation is 1. The molecule has 21 heavy (non-hydrogen) atoms. The second-order valence-corrected chi connectivity index (χ2v) is 5.49. The predicted molar refractivity (Wildman–Crippen MR) is 79.7 cm³/mol. The highest BCUT2D eigenvalue weighted by atomic mass is 16.3. The molecule has 0 aliphatic carbocycles. The molecule has 0 aliphatic heterocycles. The maximum Gasteiger partial charge on any atom is 0.274 e. The van der Waals surface area contributed by atoms with Crippen molar-refractivity contribution in [1.82, 2.24) is 14.7 Å². The minimum Gasteiger partial charge on any atom is -0.493 e. The summed E-state index contributed by atoms with van der Waals surface area (Å²) in [6.45, 7) is 6.39. The highest BCUT2D eigenvalue weighted by Gasteiger charge is 2.19. The molecule has 2 aromatic rings. The summed E-state index contributed by atoms with van der Waals surface area (Å²) in [7, 11) is 0. The smallest absolute Gasteiger partial charge is 0.274 e. The molecule has 0 bridgehead atoms. The topological polar surface area (TPSA) is 83.7 Å². The molecule has 0 saturated heterocycles. The van der Waals surface area contributed by atoms with Crippen LogP contribution in [-0.4, -0.2) is 26.9 Å². The number of hydrogen-bond acceptors (Lipinski definition) is 4. The van der Waals surface area contributed by atoms with E-state index in [1.54, 1.807) is 18.3 Å². The first-order valence-electron chi connectivity index (χ1n) is 6.90. The van der Waals surface area contributed by atoms with Gasteiger partial charge in [0.05, 0.1) is 0 Å². The Hall–Kier alpha value is -2.37. The summed E-state index contributed by atoms with van der Waals surface area (Å²) in [5, 5.41) is 12.5. The Labute approximate surface area is 122 Å². The van der Waals surface area contributed by atoms with Crippen LogP contribution in [0.25, 0.3) is 5.65 Å². The van der Waals surface area contributed by atoms with E-state index < -0.39 is 17.3 Å². The third-order valence-corrected chi connectivity index (χ3v) is 3.20. The molecular formula is C15H19N3O3. The Bertz CT molecular complexity index is 735. The molecule has 2 heterocycles. The van der Waals surface area contributed by atoms with Crippen LogP contribution in [0, 0.1) is 12.8 Å². The molecule has 2 aromatic heterocycles. The molecule has 0 aromatic carbocycles. The van der Waals surface area contributed by atoms with Crippen molar-refractivity contribution >= 4 is 11.6 Å². The molecule has 112 valence electrons. The van der Waals surface area contributed by atoms with E-state index >= 15 is 0 Å². The number of rotatable bonds is 4. The number of amides is 1. The van der Waals surface area contributed by atoms with E-state index in [0.29, 0.717) is 18.1 Å². The zero-order valence-corrected chi connectivity index (χ0v) is 12.4. The Morgan fingerprint density at radius 1 is 1.48 bits per heavy atom. The maximum absolute atomic E-state index is 12.3. The molecule has 1 amide bonds. The standard InChI is InChI=1S/C15H19N3O3/c1-9(2)4-6-16-13(19)12-14(20)17-11-8-10(3)5-7-18(11)15(12)21/h5,7-9,20H,4,6H2,1-3H3,(H,16,19). The zero-order valence-electron chi connectivity index (χ0n) is 12.4. The first kappa shape index (κ1) is 15.0. The summed E-state index contributed by atoms with van der Waals surface area (Å²) in [6, 6.07) is 3.41. The first-order chi connectivity index (χ1) is 9.90. The van der Waals surface area contributed by atoms with Gasteiger partial charge in [-0.3, -0.25) is 14.0 Å². The van der Waals surface area contributed by atoms with Crippen LogP contribution < -0.4 is 10.9 Å². The average molecular weight is 289 g/mol. The van der Waals surface area contributed by atoms with Crippen molar-refractivity contribution in [2.75, 3.05) is 6.54 Å². The lowest BCUT2D eigenvalue weighted by atomic mass is 10.1. The van der Waals surface area contributed by atoms with Crippen molar-refractivity contribution in [2.45, 2.75) is 27.2 Å². The summed E-state index contributed by atoms with van der Waals surface area (Å²) in [6.07, 6.45) is 2.35. The van der Waals surface area contributed by atoms with Crippen molar-refractivity contribution in [3.63, 3.8) is 0 Å². The van der Waals surface area contributed by atoms with Crippen LogP contribution in [-0.2, 0) is 0 Å². The van der Waals surface area contributed by atoms with Crippen LogP contribution in [0.1, 0.15) is 36.2 Å². The van der Waals surface area contributed by atoms with Crippen LogP contribution in [0.3, 0.4) is 0 Å². The molecular weight excluding hydrogens is 270 g/mol. The second-order valence-electron chi connectivity index (χ2n) is 5.49. The average Bonchev–Trinajstić information content (AvgIpc) is 2.37. The van der Waals surface area contributed by atoms with Gasteiger partial charge in [-0.05, 0) is 37.0 Å². The van der Waals surface area contributed by atoms with Crippen molar-refractivity contribution in [3.8, 4) is 5.88 Å². The fourth-order valence-corrected chi connectivity index (χ4v) is 1.99. The number of aromatic hydroxyl groups is 1. The Kier molecular flexibility index (Phi) is 4.26. The number of pyridine rings is 1. The lowest BCUT2D eigenvalue weighted by molar-refractivity contribution is 0.0947. The largest absolute Gasteiger partial charge is 0.493 e. The molecule has 0 aliphatic rings. The van der Waals surface area contributed by atoms with Gasteiger partial charge in [-0.25, -0.2) is 0 Å². The fourth-order valence-electron chi connectivity index (χ4n) is 1.99. The number of nitrogens with one attached hydrogen (secondary N) is 1. The van der Waals surface area contributed by atoms with Gasteiger partial charge in [-0.15, -0.1) is 0 Å². The van der Waals surface area contributed by atoms with Gasteiger partial charge >= 0.3 is 0 Å². The van der Waals surface area contributed by atoms with Gasteiger partial charge < -0.3 is 10.4 Å². The number of carbonyl (C=O) groups is 1. The molecule has 6 heteroatoms. The lowest BCUT2D eigenvalue weighted by Gasteiger charge is -2.09. The third kappa shape index (κ3) is 3.21. The number of hydrogen-bond donors (Lipinski definition) is 2. The van der Waals surface area contributed by atoms with Gasteiger partial charge in [0, 0.05) is 12.7 Å². The summed E-state index contributed by atoms with van der Waals surface area (Å²) in [4.78, 5) is 28.3. The van der Waals surface area contributed by atoms with Crippen LogP contribution >= 0.6 is 0 Å². The minimum absolute atomic E-state index is 0.316. The number of nitrogens with zero attached hydrogens (tertiary/aromatic N) is 2. The Morgan fingerprint density at radius 3 is 2.86 bits per heavy atom. The monoisotopic (exact) mass is 289 g/mol. The summed E-state index contributed by atoms with van der Waals surface area (Å²) in [5.41, 5.74) is 0.339. The summed E-state index contributed by atoms with van der Waals surface area (Å²) < 4.78 is 1.25. The highest BCUT2D eigenvalue weighted by molar-refractivity contribution is 5.96. The maximum atomic E-state index is 12.3. The molecule has 2 N–H and O–H groups in total. The van der Waals surface area contributed by atoms with E-state index in [9.17, 15) is 14.7 Å². The lowest BCUT2D eigenvalue weighted by Crippen LogP contribution is -2.32. The summed E-state index contributed by atoms with van der Waals surface area (Å²) >= 11 is 0. The van der Waals surface area contributed by atoms with Crippen molar-refractivity contribution in [3.05, 3.63) is 39.8 Å². The zero-order chi connectivity index (χ0) is 15.6. The van der Waals surface area contributed by atoms with Gasteiger partial charge in [-0.1, -0.05) is 13.8 Å². The van der Waals surface area contributed by atoms with Crippen molar-refractivity contribution in [2.24, 2.45) is 5.92 Å². The van der Waals surface area contributed by atoms with Crippen LogP contribution in [0.4, 0.5) is 0 Å². The van der Waals surface area contributed by atoms with Gasteiger partial charge in [0.25, 0.3) is 11.5 Å². The van der Waals surface area contributed by atoms with E-state index in [0.717, 1.165) is 12.0 Å². The van der Waals surface area contributed by atoms with E-state index in [2.05, 4.69) is 10.3 Å². The minimum atomic E-state index is -0.597.